The predicted octanol–water partition coefficient (Wildman–Crippen LogP) is 10.9. The van der Waals surface area contributed by atoms with Crippen LogP contribution in [0.25, 0.3) is 0 Å². The molecule has 2 N–H and O–H groups in total. The first kappa shape index (κ1) is 44.8. The van der Waals surface area contributed by atoms with Crippen molar-refractivity contribution in [2.45, 2.75) is 219 Å². The van der Waals surface area contributed by atoms with Crippen molar-refractivity contribution in [2.75, 3.05) is 32.7 Å². The quantitative estimate of drug-likeness (QED) is 0.0528. The Balaban J connectivity index is 2.06. The molecule has 1 unspecified atom stereocenters. The number of amides is 2. The zero-order valence-corrected chi connectivity index (χ0v) is 33.5. The summed E-state index contributed by atoms with van der Waals surface area (Å²) in [5.74, 6) is 0.354. The third kappa shape index (κ3) is 18.4. The second-order valence-electron chi connectivity index (χ2n) is 16.1. The first-order chi connectivity index (χ1) is 24.5. The van der Waals surface area contributed by atoms with Crippen LogP contribution in [-0.2, 0) is 9.59 Å². The molecule has 6 heteroatoms. The molecule has 2 rings (SSSR count). The molecule has 50 heavy (non-hydrogen) atoms. The fourth-order valence-electron chi connectivity index (χ4n) is 8.13. The van der Waals surface area contributed by atoms with E-state index < -0.39 is 5.54 Å². The molecule has 1 saturated heterocycles. The third-order valence-corrected chi connectivity index (χ3v) is 11.6. The van der Waals surface area contributed by atoms with Crippen molar-refractivity contribution < 1.29 is 14.7 Å². The number of likely N-dealkylation sites (tertiary alicyclic amines) is 1. The number of nitrogens with zero attached hydrogens (tertiary/aromatic N) is 2. The number of carbonyl (C=O) groups is 2. The minimum Gasteiger partial charge on any atom is -0.392 e. The summed E-state index contributed by atoms with van der Waals surface area (Å²) in [6.07, 6.45) is 37.9. The molecule has 0 aromatic heterocycles. The van der Waals surface area contributed by atoms with Gasteiger partial charge in [-0.05, 0) is 77.2 Å². The largest absolute Gasteiger partial charge is 0.392 e. The lowest BCUT2D eigenvalue weighted by Crippen LogP contribution is -2.65. The van der Waals surface area contributed by atoms with Crippen LogP contribution in [0.1, 0.15) is 207 Å². The van der Waals surface area contributed by atoms with Gasteiger partial charge in [-0.2, -0.15) is 0 Å². The van der Waals surface area contributed by atoms with E-state index in [0.717, 1.165) is 96.7 Å². The SMILES string of the molecule is CCCCC/C=C\CCCNC(=O)C1(N(CCCN2CCC(O)C2)C(=O)C(CCCCCCCCCC)CCCCCCCCCC)CCC1. The molecule has 0 bridgehead atoms. The van der Waals surface area contributed by atoms with E-state index in [1.807, 2.05) is 0 Å². The van der Waals surface area contributed by atoms with Gasteiger partial charge < -0.3 is 20.2 Å². The molecular weight excluding hydrogens is 619 g/mol. The van der Waals surface area contributed by atoms with Gasteiger partial charge in [-0.15, -0.1) is 0 Å². The van der Waals surface area contributed by atoms with Gasteiger partial charge in [0.15, 0.2) is 0 Å². The van der Waals surface area contributed by atoms with Crippen molar-refractivity contribution in [1.29, 1.82) is 0 Å². The maximum atomic E-state index is 14.7. The lowest BCUT2D eigenvalue weighted by atomic mass is 9.73. The van der Waals surface area contributed by atoms with E-state index in [1.165, 1.54) is 109 Å². The van der Waals surface area contributed by atoms with Crippen molar-refractivity contribution in [2.24, 2.45) is 5.92 Å². The van der Waals surface area contributed by atoms with Crippen molar-refractivity contribution >= 4 is 11.8 Å². The zero-order chi connectivity index (χ0) is 36.1. The Kier molecular flexibility index (Phi) is 26.0. The number of β-amino-alcohol motifs (C(OH)–C–C–N with tert-alkyl or cyclic N) is 1. The Morgan fingerprint density at radius 3 is 1.76 bits per heavy atom. The predicted molar refractivity (Wildman–Crippen MR) is 213 cm³/mol. The van der Waals surface area contributed by atoms with Crippen LogP contribution in [0.3, 0.4) is 0 Å². The number of aliphatic hydroxyl groups is 1. The number of rotatable bonds is 33. The summed E-state index contributed by atoms with van der Waals surface area (Å²) in [6.45, 7) is 10.6. The van der Waals surface area contributed by atoms with Gasteiger partial charge in [0, 0.05) is 32.1 Å². The minimum absolute atomic E-state index is 0.0203. The van der Waals surface area contributed by atoms with Crippen LogP contribution in [0.2, 0.25) is 0 Å². The second kappa shape index (κ2) is 29.1. The topological polar surface area (TPSA) is 72.9 Å². The number of hydrogen-bond acceptors (Lipinski definition) is 4. The van der Waals surface area contributed by atoms with E-state index in [1.54, 1.807) is 0 Å². The molecule has 1 aliphatic heterocycles. The summed E-state index contributed by atoms with van der Waals surface area (Å²) in [5, 5.41) is 13.4. The first-order valence-corrected chi connectivity index (χ1v) is 22.1. The first-order valence-electron chi connectivity index (χ1n) is 22.1. The van der Waals surface area contributed by atoms with E-state index in [0.29, 0.717) is 13.1 Å². The molecule has 2 amide bonds. The van der Waals surface area contributed by atoms with Gasteiger partial charge in [0.25, 0.3) is 0 Å². The second-order valence-corrected chi connectivity index (χ2v) is 16.1. The average Bonchev–Trinajstić information content (AvgIpc) is 3.51. The molecule has 1 aliphatic carbocycles. The van der Waals surface area contributed by atoms with E-state index in [2.05, 4.69) is 48.0 Å². The third-order valence-electron chi connectivity index (χ3n) is 11.6. The van der Waals surface area contributed by atoms with Crippen molar-refractivity contribution in [3.63, 3.8) is 0 Å². The number of nitrogens with one attached hydrogen (secondary N) is 1. The van der Waals surface area contributed by atoms with E-state index >= 15 is 0 Å². The van der Waals surface area contributed by atoms with Crippen LogP contribution in [0.4, 0.5) is 0 Å². The van der Waals surface area contributed by atoms with Crippen molar-refractivity contribution in [3.05, 3.63) is 12.2 Å². The smallest absolute Gasteiger partial charge is 0.245 e. The van der Waals surface area contributed by atoms with Crippen molar-refractivity contribution in [3.8, 4) is 0 Å². The molecular formula is C44H83N3O3. The highest BCUT2D eigenvalue weighted by molar-refractivity contribution is 5.93. The van der Waals surface area contributed by atoms with Crippen LogP contribution in [0.5, 0.6) is 0 Å². The fourth-order valence-corrected chi connectivity index (χ4v) is 8.13. The molecule has 0 spiro atoms. The van der Waals surface area contributed by atoms with Crippen molar-refractivity contribution in [1.82, 2.24) is 15.1 Å². The minimum atomic E-state index is -0.686. The molecule has 292 valence electrons. The zero-order valence-electron chi connectivity index (χ0n) is 33.5. The number of carbonyl (C=O) groups excluding carboxylic acids is 2. The lowest BCUT2D eigenvalue weighted by molar-refractivity contribution is -0.157. The normalized spacial score (nSPS) is 17.5. The van der Waals surface area contributed by atoms with Gasteiger partial charge in [0.1, 0.15) is 5.54 Å². The number of aliphatic hydroxyl groups excluding tert-OH is 1. The van der Waals surface area contributed by atoms with Gasteiger partial charge in [-0.25, -0.2) is 0 Å². The molecule has 0 radical (unpaired) electrons. The van der Waals surface area contributed by atoms with Crippen LogP contribution in [0.15, 0.2) is 12.2 Å². The number of unbranched alkanes of at least 4 members (excludes halogenated alkanes) is 18. The maximum absolute atomic E-state index is 14.7. The highest BCUT2D eigenvalue weighted by Crippen LogP contribution is 2.40. The molecule has 1 saturated carbocycles. The fraction of sp³-hybridized carbons (Fsp3) is 0.909. The highest BCUT2D eigenvalue weighted by atomic mass is 16.3. The summed E-state index contributed by atoms with van der Waals surface area (Å²) in [4.78, 5) is 33.2. The van der Waals surface area contributed by atoms with E-state index in [4.69, 9.17) is 0 Å². The summed E-state index contributed by atoms with van der Waals surface area (Å²) < 4.78 is 0. The monoisotopic (exact) mass is 702 g/mol. The Bertz CT molecular complexity index is 853. The van der Waals surface area contributed by atoms with E-state index in [9.17, 15) is 14.7 Å². The summed E-state index contributed by atoms with van der Waals surface area (Å²) in [5.41, 5.74) is -0.686. The molecule has 1 atom stereocenters. The molecule has 6 nitrogen and oxygen atoms in total. The van der Waals surface area contributed by atoms with Gasteiger partial charge in [0.2, 0.25) is 11.8 Å². The standard InChI is InChI=1S/C44H83N3O3/c1-4-7-10-13-16-19-22-25-30-40(31-26-23-20-17-14-11-8-5-2)42(49)47(37-29-36-46-38-32-41(48)39-46)44(33-28-34-44)43(50)45-35-27-24-21-18-15-12-9-6-3/h18,21,40-41,48H,4-17,19-20,22-39H2,1-3H3,(H,45,50)/b21-18-. The Labute approximate surface area is 310 Å². The average molecular weight is 702 g/mol. The number of hydrogen-bond donors (Lipinski definition) is 2. The Morgan fingerprint density at radius 2 is 1.26 bits per heavy atom. The highest BCUT2D eigenvalue weighted by Gasteiger charge is 2.51. The number of allylic oxidation sites excluding steroid dienone is 2. The molecule has 2 fully saturated rings. The molecule has 1 heterocycles. The maximum Gasteiger partial charge on any atom is 0.245 e. The lowest BCUT2D eigenvalue weighted by Gasteiger charge is -2.50. The van der Waals surface area contributed by atoms with Crippen LogP contribution >= 0.6 is 0 Å². The molecule has 2 aliphatic rings. The van der Waals surface area contributed by atoms with Crippen LogP contribution in [-0.4, -0.2) is 71.1 Å². The van der Waals surface area contributed by atoms with Gasteiger partial charge in [-0.3, -0.25) is 9.59 Å². The van der Waals surface area contributed by atoms with Gasteiger partial charge in [-0.1, -0.05) is 148 Å². The Morgan fingerprint density at radius 1 is 0.740 bits per heavy atom. The molecule has 0 aromatic rings. The Hall–Kier alpha value is -1.40. The van der Waals surface area contributed by atoms with Crippen LogP contribution < -0.4 is 5.32 Å². The van der Waals surface area contributed by atoms with Gasteiger partial charge in [0.05, 0.1) is 6.10 Å². The van der Waals surface area contributed by atoms with Gasteiger partial charge >= 0.3 is 0 Å². The summed E-state index contributed by atoms with van der Waals surface area (Å²) in [7, 11) is 0. The summed E-state index contributed by atoms with van der Waals surface area (Å²) >= 11 is 0. The van der Waals surface area contributed by atoms with E-state index in [-0.39, 0.29) is 23.8 Å². The molecule has 0 aromatic carbocycles. The van der Waals surface area contributed by atoms with Crippen LogP contribution in [0, 0.1) is 5.92 Å². The summed E-state index contributed by atoms with van der Waals surface area (Å²) in [6, 6.07) is 0.